The molecule has 0 saturated heterocycles. The molecule has 0 fully saturated rings. The lowest BCUT2D eigenvalue weighted by molar-refractivity contribution is -0.119. The van der Waals surface area contributed by atoms with Crippen LogP contribution in [0.5, 0.6) is 0 Å². The molecule has 0 bridgehead atoms. The molecule has 0 saturated carbocycles. The maximum absolute atomic E-state index is 10.9. The van der Waals surface area contributed by atoms with Gasteiger partial charge in [-0.3, -0.25) is 4.79 Å². The van der Waals surface area contributed by atoms with Gasteiger partial charge in [0.1, 0.15) is 6.04 Å². The van der Waals surface area contributed by atoms with Crippen LogP contribution in [-0.2, 0) is 11.3 Å². The van der Waals surface area contributed by atoms with E-state index in [2.05, 4.69) is 18.2 Å². The molecule has 84 valence electrons. The van der Waals surface area contributed by atoms with Crippen molar-refractivity contribution < 1.29 is 4.79 Å². The summed E-state index contributed by atoms with van der Waals surface area (Å²) in [6, 6.07) is 7.54. The zero-order chi connectivity index (χ0) is 11.7. The van der Waals surface area contributed by atoms with E-state index in [1.165, 1.54) is 5.56 Å². The standard InChI is InChI=1S/C12H15N3O/c1-8-2-3-9-4-5-15(11(9)6-8)7-10(13)12(14)16/h2-6,10H,7,13H2,1H3,(H2,14,16). The minimum Gasteiger partial charge on any atom is -0.368 e. The van der Waals surface area contributed by atoms with Crippen molar-refractivity contribution in [2.24, 2.45) is 11.5 Å². The fraction of sp³-hybridized carbons (Fsp3) is 0.250. The molecule has 0 aliphatic rings. The number of rotatable bonds is 3. The number of carbonyl (C=O) groups is 1. The smallest absolute Gasteiger partial charge is 0.236 e. The molecule has 2 rings (SSSR count). The van der Waals surface area contributed by atoms with E-state index in [-0.39, 0.29) is 0 Å². The Morgan fingerprint density at radius 3 is 2.88 bits per heavy atom. The van der Waals surface area contributed by atoms with Crippen molar-refractivity contribution in [3.05, 3.63) is 36.0 Å². The summed E-state index contributed by atoms with van der Waals surface area (Å²) < 4.78 is 1.96. The summed E-state index contributed by atoms with van der Waals surface area (Å²) in [5.41, 5.74) is 13.1. The fourth-order valence-corrected chi connectivity index (χ4v) is 1.76. The van der Waals surface area contributed by atoms with E-state index in [4.69, 9.17) is 11.5 Å². The molecule has 0 aliphatic carbocycles. The van der Waals surface area contributed by atoms with Crippen LogP contribution >= 0.6 is 0 Å². The number of fused-ring (bicyclic) bond motifs is 1. The average molecular weight is 217 g/mol. The SMILES string of the molecule is Cc1ccc2ccn(CC(N)C(N)=O)c2c1. The van der Waals surface area contributed by atoms with Gasteiger partial charge in [-0.2, -0.15) is 0 Å². The third kappa shape index (κ3) is 1.92. The molecule has 4 N–H and O–H groups in total. The summed E-state index contributed by atoms with van der Waals surface area (Å²) in [7, 11) is 0. The van der Waals surface area contributed by atoms with Crippen molar-refractivity contribution in [2.75, 3.05) is 0 Å². The number of carbonyl (C=O) groups excluding carboxylic acids is 1. The first-order valence-electron chi connectivity index (χ1n) is 5.18. The number of nitrogens with two attached hydrogens (primary N) is 2. The van der Waals surface area contributed by atoms with Gasteiger partial charge in [0.05, 0.1) is 0 Å². The number of hydrogen-bond acceptors (Lipinski definition) is 2. The van der Waals surface area contributed by atoms with E-state index in [0.717, 1.165) is 10.9 Å². The van der Waals surface area contributed by atoms with Gasteiger partial charge in [0, 0.05) is 18.3 Å². The molecule has 16 heavy (non-hydrogen) atoms. The highest BCUT2D eigenvalue weighted by molar-refractivity contribution is 5.82. The van der Waals surface area contributed by atoms with Crippen molar-refractivity contribution in [3.63, 3.8) is 0 Å². The van der Waals surface area contributed by atoms with E-state index in [1.807, 2.05) is 23.8 Å². The number of nitrogens with zero attached hydrogens (tertiary/aromatic N) is 1. The molecule has 0 aliphatic heterocycles. The lowest BCUT2D eigenvalue weighted by atomic mass is 10.2. The Morgan fingerprint density at radius 1 is 1.44 bits per heavy atom. The molecule has 1 aromatic carbocycles. The zero-order valence-electron chi connectivity index (χ0n) is 9.18. The Balaban J connectivity index is 2.37. The van der Waals surface area contributed by atoms with E-state index in [0.29, 0.717) is 6.54 Å². The van der Waals surface area contributed by atoms with Crippen LogP contribution in [0.15, 0.2) is 30.5 Å². The van der Waals surface area contributed by atoms with Gasteiger partial charge in [0.25, 0.3) is 0 Å². The highest BCUT2D eigenvalue weighted by Gasteiger charge is 2.11. The Bertz CT molecular complexity index is 530. The molecule has 1 atom stereocenters. The second kappa shape index (κ2) is 3.98. The van der Waals surface area contributed by atoms with Crippen LogP contribution in [0.4, 0.5) is 0 Å². The molecule has 4 heteroatoms. The van der Waals surface area contributed by atoms with E-state index >= 15 is 0 Å². The molecular formula is C12H15N3O. The summed E-state index contributed by atoms with van der Waals surface area (Å²) in [6.45, 7) is 2.45. The summed E-state index contributed by atoms with van der Waals surface area (Å²) in [4.78, 5) is 10.9. The third-order valence-electron chi connectivity index (χ3n) is 2.69. The van der Waals surface area contributed by atoms with Gasteiger partial charge in [-0.05, 0) is 30.0 Å². The normalized spacial score (nSPS) is 12.9. The Labute approximate surface area is 93.8 Å². The van der Waals surface area contributed by atoms with Gasteiger partial charge in [-0.1, -0.05) is 12.1 Å². The summed E-state index contributed by atoms with van der Waals surface area (Å²) >= 11 is 0. The molecule has 0 radical (unpaired) electrons. The summed E-state index contributed by atoms with van der Waals surface area (Å²) in [5.74, 6) is -0.477. The molecule has 1 heterocycles. The molecule has 2 aromatic rings. The minimum atomic E-state index is -0.642. The number of aryl methyl sites for hydroxylation is 1. The van der Waals surface area contributed by atoms with Crippen LogP contribution in [0.25, 0.3) is 10.9 Å². The lowest BCUT2D eigenvalue weighted by Gasteiger charge is -2.10. The number of aromatic nitrogens is 1. The van der Waals surface area contributed by atoms with E-state index in [1.54, 1.807) is 0 Å². The van der Waals surface area contributed by atoms with Gasteiger partial charge >= 0.3 is 0 Å². The van der Waals surface area contributed by atoms with Gasteiger partial charge in [0.2, 0.25) is 5.91 Å². The first-order chi connectivity index (χ1) is 7.58. The third-order valence-corrected chi connectivity index (χ3v) is 2.69. The van der Waals surface area contributed by atoms with Crippen LogP contribution in [0.2, 0.25) is 0 Å². The predicted octanol–water partition coefficient (Wildman–Crippen LogP) is 0.762. The van der Waals surface area contributed by atoms with Gasteiger partial charge < -0.3 is 16.0 Å². The molecule has 1 unspecified atom stereocenters. The van der Waals surface area contributed by atoms with Crippen LogP contribution in [0.1, 0.15) is 5.56 Å². The maximum Gasteiger partial charge on any atom is 0.236 e. The van der Waals surface area contributed by atoms with Crippen molar-refractivity contribution in [1.29, 1.82) is 0 Å². The van der Waals surface area contributed by atoms with Crippen LogP contribution in [0, 0.1) is 6.92 Å². The van der Waals surface area contributed by atoms with Crippen LogP contribution < -0.4 is 11.5 Å². The Morgan fingerprint density at radius 2 is 2.19 bits per heavy atom. The monoisotopic (exact) mass is 217 g/mol. The summed E-state index contributed by atoms with van der Waals surface area (Å²) in [6.07, 6.45) is 1.92. The van der Waals surface area contributed by atoms with Crippen molar-refractivity contribution in [2.45, 2.75) is 19.5 Å². The average Bonchev–Trinajstić information content (AvgIpc) is 2.61. The van der Waals surface area contributed by atoms with Crippen molar-refractivity contribution >= 4 is 16.8 Å². The van der Waals surface area contributed by atoms with Crippen molar-refractivity contribution in [1.82, 2.24) is 4.57 Å². The Kier molecular flexibility index (Phi) is 2.66. The van der Waals surface area contributed by atoms with Crippen molar-refractivity contribution in [3.8, 4) is 0 Å². The maximum atomic E-state index is 10.9. The van der Waals surface area contributed by atoms with Crippen LogP contribution in [-0.4, -0.2) is 16.5 Å². The van der Waals surface area contributed by atoms with Gasteiger partial charge in [-0.15, -0.1) is 0 Å². The highest BCUT2D eigenvalue weighted by atomic mass is 16.1. The Hall–Kier alpha value is -1.81. The number of hydrogen-bond donors (Lipinski definition) is 2. The first-order valence-corrected chi connectivity index (χ1v) is 5.18. The predicted molar refractivity (Wildman–Crippen MR) is 63.8 cm³/mol. The lowest BCUT2D eigenvalue weighted by Crippen LogP contribution is -2.39. The molecule has 0 spiro atoms. The number of primary amides is 1. The largest absolute Gasteiger partial charge is 0.368 e. The molecule has 4 nitrogen and oxygen atoms in total. The molecule has 1 amide bonds. The quantitative estimate of drug-likeness (QED) is 0.796. The second-order valence-electron chi connectivity index (χ2n) is 4.04. The molecular weight excluding hydrogens is 202 g/mol. The fourth-order valence-electron chi connectivity index (χ4n) is 1.76. The van der Waals surface area contributed by atoms with Gasteiger partial charge in [-0.25, -0.2) is 0 Å². The second-order valence-corrected chi connectivity index (χ2v) is 4.04. The van der Waals surface area contributed by atoms with E-state index < -0.39 is 11.9 Å². The summed E-state index contributed by atoms with van der Waals surface area (Å²) in [5, 5.41) is 1.14. The van der Waals surface area contributed by atoms with Crippen LogP contribution in [0.3, 0.4) is 0 Å². The number of amides is 1. The van der Waals surface area contributed by atoms with E-state index in [9.17, 15) is 4.79 Å². The molecule has 1 aromatic heterocycles. The first kappa shape index (κ1) is 10.7. The minimum absolute atomic E-state index is 0.419. The number of benzene rings is 1. The zero-order valence-corrected chi connectivity index (χ0v) is 9.18. The topological polar surface area (TPSA) is 74.0 Å². The van der Waals surface area contributed by atoms with Gasteiger partial charge in [0.15, 0.2) is 0 Å². The highest BCUT2D eigenvalue weighted by Crippen LogP contribution is 2.17.